The minimum atomic E-state index is -0.0878. The van der Waals surface area contributed by atoms with Crippen LogP contribution in [0.25, 0.3) is 17.0 Å². The lowest BCUT2D eigenvalue weighted by Crippen LogP contribution is -1.81. The van der Waals surface area contributed by atoms with E-state index in [1.807, 2.05) is 18.0 Å². The molecule has 0 amide bonds. The summed E-state index contributed by atoms with van der Waals surface area (Å²) >= 11 is 7.04. The molecule has 0 fully saturated rings. The van der Waals surface area contributed by atoms with Gasteiger partial charge in [-0.2, -0.15) is 0 Å². The van der Waals surface area contributed by atoms with E-state index in [0.717, 1.165) is 11.3 Å². The van der Waals surface area contributed by atoms with Crippen molar-refractivity contribution >= 4 is 34.5 Å². The molecular weight excluding hydrogens is 258 g/mol. The Morgan fingerprint density at radius 1 is 1.41 bits per heavy atom. The Bertz CT molecular complexity index is 599. The van der Waals surface area contributed by atoms with Gasteiger partial charge in [-0.05, 0) is 17.3 Å². The summed E-state index contributed by atoms with van der Waals surface area (Å²) in [6.45, 7) is 0. The quantitative estimate of drug-likeness (QED) is 0.676. The second-order valence-corrected chi connectivity index (χ2v) is 4.40. The zero-order chi connectivity index (χ0) is 12.3. The van der Waals surface area contributed by atoms with Crippen molar-refractivity contribution in [2.45, 2.75) is 0 Å². The number of aromatic nitrogens is 1. The van der Waals surface area contributed by atoms with E-state index < -0.39 is 0 Å². The number of thiazole rings is 1. The molecule has 0 atom stereocenters. The Labute approximate surface area is 106 Å². The van der Waals surface area contributed by atoms with E-state index in [0.29, 0.717) is 10.0 Å². The van der Waals surface area contributed by atoms with Gasteiger partial charge in [0, 0.05) is 21.8 Å². The smallest absolute Gasteiger partial charge is 0.204 e. The Morgan fingerprint density at radius 3 is 2.71 bits per heavy atom. The lowest BCUT2D eigenvalue weighted by molar-refractivity contribution is 1.34. The Morgan fingerprint density at radius 2 is 2.12 bits per heavy atom. The van der Waals surface area contributed by atoms with Crippen LogP contribution in [-0.2, 0) is 0 Å². The highest BCUT2D eigenvalue weighted by atomic mass is 35.5. The van der Waals surface area contributed by atoms with Gasteiger partial charge < -0.3 is 0 Å². The topological polar surface area (TPSA) is 66.2 Å². The average Bonchev–Trinajstić information content (AvgIpc) is 2.81. The van der Waals surface area contributed by atoms with Gasteiger partial charge in [0.05, 0.1) is 5.69 Å². The maximum Gasteiger partial charge on any atom is 0.204 e. The van der Waals surface area contributed by atoms with Gasteiger partial charge in [-0.25, -0.2) is 4.98 Å². The summed E-state index contributed by atoms with van der Waals surface area (Å²) in [4.78, 5) is 14.6. The summed E-state index contributed by atoms with van der Waals surface area (Å²) in [5.41, 5.74) is 1.53. The van der Waals surface area contributed by atoms with Crippen molar-refractivity contribution in [3.05, 3.63) is 44.6 Å². The van der Waals surface area contributed by atoms with Crippen molar-refractivity contribution in [2.75, 3.05) is 0 Å². The number of nitrogens with zero attached hydrogens (tertiary/aromatic N) is 2. The van der Waals surface area contributed by atoms with Crippen molar-refractivity contribution in [2.24, 2.45) is 5.18 Å². The van der Waals surface area contributed by atoms with E-state index in [1.165, 1.54) is 11.3 Å². The SMILES string of the molecule is N=C=C(N=O)c1nc(-c2ccc(Cl)cc2)cs1. The van der Waals surface area contributed by atoms with Crippen molar-refractivity contribution < 1.29 is 0 Å². The van der Waals surface area contributed by atoms with Crippen molar-refractivity contribution in [3.8, 4) is 11.3 Å². The predicted octanol–water partition coefficient (Wildman–Crippen LogP) is 3.82. The Hall–Kier alpha value is -1.81. The zero-order valence-electron chi connectivity index (χ0n) is 8.48. The molecule has 0 saturated carbocycles. The summed E-state index contributed by atoms with van der Waals surface area (Å²) in [6.07, 6.45) is 0. The monoisotopic (exact) mass is 263 g/mol. The summed E-state index contributed by atoms with van der Waals surface area (Å²) < 4.78 is 0. The minimum Gasteiger partial charge on any atom is -0.257 e. The van der Waals surface area contributed by atoms with Gasteiger partial charge in [-0.15, -0.1) is 16.2 Å². The van der Waals surface area contributed by atoms with Crippen molar-refractivity contribution in [3.63, 3.8) is 0 Å². The summed E-state index contributed by atoms with van der Waals surface area (Å²) in [6, 6.07) is 7.20. The fourth-order valence-electron chi connectivity index (χ4n) is 1.25. The first-order valence-corrected chi connectivity index (χ1v) is 5.85. The third-order valence-corrected chi connectivity index (χ3v) is 3.16. The third kappa shape index (κ3) is 2.47. The highest BCUT2D eigenvalue weighted by molar-refractivity contribution is 7.11. The summed E-state index contributed by atoms with van der Waals surface area (Å²) in [5.74, 6) is 1.96. The maximum absolute atomic E-state index is 10.4. The van der Waals surface area contributed by atoms with Gasteiger partial charge in [0.1, 0.15) is 0 Å². The molecule has 0 unspecified atom stereocenters. The Balaban J connectivity index is 2.39. The normalized spacial score (nSPS) is 9.71. The number of halogens is 1. The van der Waals surface area contributed by atoms with Crippen LogP contribution in [0.1, 0.15) is 5.01 Å². The Kier molecular flexibility index (Phi) is 3.44. The van der Waals surface area contributed by atoms with Gasteiger partial charge in [0.15, 0.2) is 5.01 Å². The number of rotatable bonds is 3. The number of nitroso groups, excluding NO2 is 1. The first kappa shape index (κ1) is 11.7. The number of hydrogen-bond acceptors (Lipinski definition) is 5. The van der Waals surface area contributed by atoms with Crippen LogP contribution in [0.3, 0.4) is 0 Å². The molecule has 2 aromatic rings. The molecule has 2 rings (SSSR count). The first-order valence-electron chi connectivity index (χ1n) is 4.59. The molecular formula is C11H6ClN3OS. The van der Waals surface area contributed by atoms with Crippen LogP contribution in [0, 0.1) is 10.3 Å². The van der Waals surface area contributed by atoms with E-state index in [1.54, 1.807) is 17.5 Å². The van der Waals surface area contributed by atoms with Crippen molar-refractivity contribution in [1.82, 2.24) is 4.98 Å². The predicted molar refractivity (Wildman–Crippen MR) is 69.5 cm³/mol. The third-order valence-electron chi connectivity index (χ3n) is 2.06. The first-order chi connectivity index (χ1) is 8.24. The lowest BCUT2D eigenvalue weighted by atomic mass is 10.2. The molecule has 84 valence electrons. The number of nitrogens with one attached hydrogen (secondary N) is 1. The lowest BCUT2D eigenvalue weighted by Gasteiger charge is -1.95. The standard InChI is InChI=1S/C11H6ClN3OS/c12-8-3-1-7(2-4-8)10-6-17-11(14-10)9(5-13)15-16/h1-4,6,13H. The fraction of sp³-hybridized carbons (Fsp3) is 0. The van der Waals surface area contributed by atoms with E-state index in [2.05, 4.69) is 10.2 Å². The second kappa shape index (κ2) is 5.01. The van der Waals surface area contributed by atoms with Gasteiger partial charge >= 0.3 is 0 Å². The van der Waals surface area contributed by atoms with Crippen LogP contribution in [0.15, 0.2) is 34.8 Å². The molecule has 1 aromatic carbocycles. The fourth-order valence-corrected chi connectivity index (χ4v) is 2.14. The van der Waals surface area contributed by atoms with Crippen LogP contribution < -0.4 is 0 Å². The van der Waals surface area contributed by atoms with E-state index in [9.17, 15) is 4.91 Å². The van der Waals surface area contributed by atoms with E-state index in [-0.39, 0.29) is 5.70 Å². The van der Waals surface area contributed by atoms with Crippen LogP contribution in [0.5, 0.6) is 0 Å². The number of benzene rings is 1. The highest BCUT2D eigenvalue weighted by Crippen LogP contribution is 2.26. The van der Waals surface area contributed by atoms with Gasteiger partial charge in [0.2, 0.25) is 5.70 Å². The summed E-state index contributed by atoms with van der Waals surface area (Å²) in [7, 11) is 0. The molecule has 0 aliphatic carbocycles. The average molecular weight is 264 g/mol. The van der Waals surface area contributed by atoms with Gasteiger partial charge in [-0.3, -0.25) is 5.41 Å². The van der Waals surface area contributed by atoms with Crippen LogP contribution in [-0.4, -0.2) is 10.9 Å². The molecule has 0 saturated heterocycles. The van der Waals surface area contributed by atoms with E-state index >= 15 is 0 Å². The summed E-state index contributed by atoms with van der Waals surface area (Å²) in [5, 5.41) is 12.4. The second-order valence-electron chi connectivity index (χ2n) is 3.11. The van der Waals surface area contributed by atoms with Crippen LogP contribution in [0.4, 0.5) is 0 Å². The molecule has 4 nitrogen and oxygen atoms in total. The molecule has 1 N–H and O–H groups in total. The van der Waals surface area contributed by atoms with Gasteiger partial charge in [0.25, 0.3) is 0 Å². The van der Waals surface area contributed by atoms with Gasteiger partial charge in [-0.1, -0.05) is 23.7 Å². The van der Waals surface area contributed by atoms with E-state index in [4.69, 9.17) is 17.0 Å². The molecule has 1 heterocycles. The van der Waals surface area contributed by atoms with Crippen molar-refractivity contribution in [1.29, 1.82) is 5.41 Å². The largest absolute Gasteiger partial charge is 0.257 e. The molecule has 0 spiro atoms. The maximum atomic E-state index is 10.4. The zero-order valence-corrected chi connectivity index (χ0v) is 10.0. The molecule has 0 radical (unpaired) electrons. The molecule has 0 aliphatic heterocycles. The van der Waals surface area contributed by atoms with Crippen LogP contribution in [0.2, 0.25) is 5.02 Å². The molecule has 1 aromatic heterocycles. The molecule has 6 heteroatoms. The highest BCUT2D eigenvalue weighted by Gasteiger charge is 2.09. The van der Waals surface area contributed by atoms with Crippen LogP contribution >= 0.6 is 22.9 Å². The number of hydrogen-bond donors (Lipinski definition) is 1. The molecule has 0 aliphatic rings. The molecule has 17 heavy (non-hydrogen) atoms. The molecule has 0 bridgehead atoms. The minimum absolute atomic E-state index is 0.0878.